The summed E-state index contributed by atoms with van der Waals surface area (Å²) in [5.74, 6) is 0.333. The Morgan fingerprint density at radius 2 is 1.73 bits per heavy atom. The molecular formula is C37H60N4O7S. The van der Waals surface area contributed by atoms with Crippen molar-refractivity contribution in [3.8, 4) is 12.3 Å². The molecule has 3 unspecified atom stereocenters. The van der Waals surface area contributed by atoms with Crippen LogP contribution < -0.4 is 10.6 Å². The van der Waals surface area contributed by atoms with Crippen LogP contribution in [-0.4, -0.2) is 116 Å². The lowest BCUT2D eigenvalue weighted by Crippen LogP contribution is -2.56. The van der Waals surface area contributed by atoms with E-state index < -0.39 is 57.8 Å². The number of terminal acetylenes is 1. The summed E-state index contributed by atoms with van der Waals surface area (Å²) in [5, 5.41) is 27.7. The third kappa shape index (κ3) is 14.3. The van der Waals surface area contributed by atoms with E-state index in [1.165, 1.54) is 11.4 Å². The first-order valence-corrected chi connectivity index (χ1v) is 19.7. The second-order valence-electron chi connectivity index (χ2n) is 14.3. The zero-order chi connectivity index (χ0) is 35.8. The maximum Gasteiger partial charge on any atom is 0.243 e. The molecule has 12 heteroatoms. The van der Waals surface area contributed by atoms with E-state index in [0.29, 0.717) is 44.9 Å². The molecule has 1 aromatic rings. The summed E-state index contributed by atoms with van der Waals surface area (Å²) >= 11 is 0. The van der Waals surface area contributed by atoms with Crippen molar-refractivity contribution in [3.63, 3.8) is 0 Å². The zero-order valence-electron chi connectivity index (χ0n) is 29.8. The first kappa shape index (κ1) is 40.9. The van der Waals surface area contributed by atoms with Crippen LogP contribution in [0.2, 0.25) is 0 Å². The third-order valence-corrected chi connectivity index (χ3v) is 11.7. The van der Waals surface area contributed by atoms with Gasteiger partial charge in [0.1, 0.15) is 12.1 Å². The number of carbonyl (C=O) groups excluding carboxylic acids is 2. The van der Waals surface area contributed by atoms with Crippen molar-refractivity contribution in [2.75, 3.05) is 52.2 Å². The fourth-order valence-electron chi connectivity index (χ4n) is 6.84. The van der Waals surface area contributed by atoms with Gasteiger partial charge in [0.2, 0.25) is 21.8 Å². The summed E-state index contributed by atoms with van der Waals surface area (Å²) in [6.45, 7) is 7.97. The molecule has 0 radical (unpaired) electrons. The molecule has 1 saturated heterocycles. The third-order valence-electron chi connectivity index (χ3n) is 9.75. The van der Waals surface area contributed by atoms with Crippen molar-refractivity contribution in [1.82, 2.24) is 19.8 Å². The van der Waals surface area contributed by atoms with E-state index in [1.54, 1.807) is 0 Å². The van der Waals surface area contributed by atoms with Crippen LogP contribution in [0.25, 0.3) is 0 Å². The Bertz CT molecular complexity index is 1280. The summed E-state index contributed by atoms with van der Waals surface area (Å²) in [4.78, 5) is 29.9. The van der Waals surface area contributed by atoms with Crippen molar-refractivity contribution in [3.05, 3.63) is 35.9 Å². The number of amides is 2. The number of benzene rings is 1. The predicted octanol–water partition coefficient (Wildman–Crippen LogP) is 2.56. The molecule has 3 rings (SSSR count). The summed E-state index contributed by atoms with van der Waals surface area (Å²) in [6.07, 6.45) is 10.3. The highest BCUT2D eigenvalue weighted by Gasteiger charge is 2.35. The summed E-state index contributed by atoms with van der Waals surface area (Å²) < 4.78 is 33.8. The highest BCUT2D eigenvalue weighted by Crippen LogP contribution is 2.29. The molecule has 1 saturated carbocycles. The van der Waals surface area contributed by atoms with Crippen LogP contribution in [0.4, 0.5) is 0 Å². The van der Waals surface area contributed by atoms with Crippen molar-refractivity contribution in [2.24, 2.45) is 17.8 Å². The van der Waals surface area contributed by atoms with Gasteiger partial charge in [-0.3, -0.25) is 14.5 Å². The van der Waals surface area contributed by atoms with Gasteiger partial charge in [0.15, 0.2) is 0 Å². The van der Waals surface area contributed by atoms with Crippen molar-refractivity contribution in [2.45, 2.75) is 102 Å². The fraction of sp³-hybridized carbons (Fsp3) is 0.730. The molecule has 11 nitrogen and oxygen atoms in total. The van der Waals surface area contributed by atoms with E-state index in [1.807, 2.05) is 44.2 Å². The molecule has 2 amide bonds. The minimum absolute atomic E-state index is 0.120. The number of aliphatic hydroxyl groups is 2. The van der Waals surface area contributed by atoms with E-state index in [4.69, 9.17) is 11.2 Å². The van der Waals surface area contributed by atoms with E-state index in [-0.39, 0.29) is 18.8 Å². The maximum atomic E-state index is 13.9. The van der Waals surface area contributed by atoms with Crippen LogP contribution in [0, 0.1) is 30.1 Å². The number of hydrogen-bond acceptors (Lipinski definition) is 8. The molecule has 1 aromatic carbocycles. The van der Waals surface area contributed by atoms with Gasteiger partial charge in [-0.15, -0.1) is 12.3 Å². The normalized spacial score (nSPS) is 19.5. The number of morpholine rings is 1. The maximum absolute atomic E-state index is 13.9. The van der Waals surface area contributed by atoms with Crippen LogP contribution in [0.5, 0.6) is 0 Å². The zero-order valence-corrected chi connectivity index (χ0v) is 30.6. The van der Waals surface area contributed by atoms with E-state index in [2.05, 4.69) is 21.5 Å². The standard InChI is InChI=1S/C37H60N4O7S/c1-5-13-32(37(45)39-33(26-30-16-10-7-11-17-30)35(43)34(42)24-28(2)3)38-36(44)31(25-29-14-8-6-9-15-29)27-49(46,47)40(4)18-12-19-41-20-22-48-23-21-41/h1,6,8-9,14-15,28,30-35,42-43H,7,10-13,16-27H2,2-4H3,(H,38,44)(H,39,45)/t31-,32?,33?,34+,35?/m1/s1. The average molecular weight is 705 g/mol. The Balaban J connectivity index is 1.73. The minimum Gasteiger partial charge on any atom is -0.390 e. The summed E-state index contributed by atoms with van der Waals surface area (Å²) in [6, 6.07) is 7.31. The molecule has 0 bridgehead atoms. The first-order chi connectivity index (χ1) is 23.4. The molecule has 276 valence electrons. The molecule has 0 spiro atoms. The molecule has 0 aromatic heterocycles. The van der Waals surface area contributed by atoms with E-state index in [0.717, 1.165) is 57.3 Å². The SMILES string of the molecule is C#CCC(NC(=O)[C@H](Cc1ccccc1)CS(=O)(=O)N(C)CCCN1CCOCC1)C(=O)NC(CC1CCCCC1)C(O)[C@@H](O)CC(C)C. The molecule has 4 N–H and O–H groups in total. The van der Waals surface area contributed by atoms with Crippen LogP contribution in [0.15, 0.2) is 30.3 Å². The quantitative estimate of drug-likeness (QED) is 0.152. The van der Waals surface area contributed by atoms with Gasteiger partial charge in [0.05, 0.1) is 37.0 Å². The number of rotatable bonds is 20. The fourth-order valence-corrected chi connectivity index (χ4v) is 8.28. The van der Waals surface area contributed by atoms with Crippen LogP contribution in [-0.2, 0) is 30.8 Å². The van der Waals surface area contributed by atoms with Gasteiger partial charge >= 0.3 is 0 Å². The predicted molar refractivity (Wildman–Crippen MR) is 192 cm³/mol. The van der Waals surface area contributed by atoms with Crippen LogP contribution >= 0.6 is 0 Å². The van der Waals surface area contributed by atoms with Gasteiger partial charge in [0, 0.05) is 33.1 Å². The Labute approximate surface area is 294 Å². The molecule has 1 aliphatic carbocycles. The highest BCUT2D eigenvalue weighted by atomic mass is 32.2. The number of nitrogens with one attached hydrogen (secondary N) is 2. The number of sulfonamides is 1. The van der Waals surface area contributed by atoms with Crippen LogP contribution in [0.3, 0.4) is 0 Å². The Kier molecular flexibility index (Phi) is 17.5. The first-order valence-electron chi connectivity index (χ1n) is 18.1. The number of ether oxygens (including phenoxy) is 1. The topological polar surface area (TPSA) is 149 Å². The molecule has 1 aliphatic heterocycles. The lowest BCUT2D eigenvalue weighted by Gasteiger charge is -2.33. The number of hydrogen-bond donors (Lipinski definition) is 4. The minimum atomic E-state index is -3.83. The molecule has 1 heterocycles. The molecular weight excluding hydrogens is 644 g/mol. The van der Waals surface area contributed by atoms with Crippen LogP contribution in [0.1, 0.15) is 77.2 Å². The summed E-state index contributed by atoms with van der Waals surface area (Å²) in [5.41, 5.74) is 0.792. The second kappa shape index (κ2) is 21.0. The second-order valence-corrected chi connectivity index (χ2v) is 16.4. The van der Waals surface area contributed by atoms with Crippen molar-refractivity contribution >= 4 is 21.8 Å². The molecule has 2 aliphatic rings. The van der Waals surface area contributed by atoms with Gasteiger partial charge < -0.3 is 25.6 Å². The Morgan fingerprint density at radius 1 is 1.06 bits per heavy atom. The Hall–Kier alpha value is -2.53. The van der Waals surface area contributed by atoms with Gasteiger partial charge in [-0.2, -0.15) is 0 Å². The van der Waals surface area contributed by atoms with Gasteiger partial charge in [-0.1, -0.05) is 76.3 Å². The number of aliphatic hydroxyl groups excluding tert-OH is 2. The lowest BCUT2D eigenvalue weighted by molar-refractivity contribution is -0.132. The summed E-state index contributed by atoms with van der Waals surface area (Å²) in [7, 11) is -2.30. The highest BCUT2D eigenvalue weighted by molar-refractivity contribution is 7.89. The smallest absolute Gasteiger partial charge is 0.243 e. The number of nitrogens with zero attached hydrogens (tertiary/aromatic N) is 2. The molecule has 2 fully saturated rings. The van der Waals surface area contributed by atoms with Crippen molar-refractivity contribution in [1.29, 1.82) is 0 Å². The van der Waals surface area contributed by atoms with E-state index >= 15 is 0 Å². The largest absolute Gasteiger partial charge is 0.390 e. The van der Waals surface area contributed by atoms with E-state index in [9.17, 15) is 28.2 Å². The molecule has 49 heavy (non-hydrogen) atoms. The van der Waals surface area contributed by atoms with Gasteiger partial charge in [0.25, 0.3) is 0 Å². The monoisotopic (exact) mass is 704 g/mol. The van der Waals surface area contributed by atoms with Gasteiger partial charge in [-0.05, 0) is 49.6 Å². The van der Waals surface area contributed by atoms with Crippen molar-refractivity contribution < 1.29 is 33.0 Å². The lowest BCUT2D eigenvalue weighted by atomic mass is 9.82. The number of carbonyl (C=O) groups is 2. The molecule has 5 atom stereocenters. The average Bonchev–Trinajstić information content (AvgIpc) is 3.08. The Morgan fingerprint density at radius 3 is 2.37 bits per heavy atom. The van der Waals surface area contributed by atoms with Gasteiger partial charge in [-0.25, -0.2) is 12.7 Å².